The lowest BCUT2D eigenvalue weighted by Gasteiger charge is -2.27. The van der Waals surface area contributed by atoms with Gasteiger partial charge in [-0.05, 0) is 54.8 Å². The van der Waals surface area contributed by atoms with Crippen LogP contribution in [-0.2, 0) is 9.59 Å². The van der Waals surface area contributed by atoms with Crippen LogP contribution in [0.15, 0.2) is 60.2 Å². The van der Waals surface area contributed by atoms with Crippen LogP contribution in [0.25, 0.3) is 5.76 Å². The number of ketones is 1. The Bertz CT molecular complexity index is 1380. The van der Waals surface area contributed by atoms with Gasteiger partial charge in [0, 0.05) is 11.8 Å². The Balaban J connectivity index is 2.02. The Morgan fingerprint density at radius 2 is 1.56 bits per heavy atom. The number of aryl methyl sites for hydroxylation is 2. The first kappa shape index (κ1) is 25.1. The molecule has 1 amide bonds. The smallest absolute Gasteiger partial charge is 0.300 e. The number of methoxy groups -OCH3 is 3. The third-order valence-electron chi connectivity index (χ3n) is 6.23. The molecule has 0 saturated carbocycles. The van der Waals surface area contributed by atoms with Gasteiger partial charge in [-0.1, -0.05) is 35.9 Å². The number of hydrogen-bond acceptors (Lipinski definition) is 6. The molecule has 0 aliphatic carbocycles. The topological polar surface area (TPSA) is 85.3 Å². The van der Waals surface area contributed by atoms with E-state index in [2.05, 4.69) is 0 Å². The maximum atomic E-state index is 13.5. The number of aliphatic hydroxyl groups excluding tert-OH is 1. The van der Waals surface area contributed by atoms with Gasteiger partial charge >= 0.3 is 0 Å². The lowest BCUT2D eigenvalue weighted by molar-refractivity contribution is -0.132. The van der Waals surface area contributed by atoms with Crippen molar-refractivity contribution in [2.75, 3.05) is 26.2 Å². The maximum Gasteiger partial charge on any atom is 0.300 e. The summed E-state index contributed by atoms with van der Waals surface area (Å²) in [5, 5.41) is 11.8. The minimum Gasteiger partial charge on any atom is -0.507 e. The molecule has 1 heterocycles. The standard InChI is InChI=1S/C28H26ClNO6/c1-15-6-7-16(2)21(12-15)30-25(17-8-10-18(34-3)11-9-17)24(27(32)28(30)33)26(31)19-13-23(36-5)20(29)14-22(19)35-4/h6-14,25,31H,1-5H3/b26-24+. The van der Waals surface area contributed by atoms with Gasteiger partial charge in [-0.2, -0.15) is 0 Å². The fraction of sp³-hybridized carbons (Fsp3) is 0.214. The first-order valence-electron chi connectivity index (χ1n) is 11.2. The van der Waals surface area contributed by atoms with E-state index in [4.69, 9.17) is 25.8 Å². The van der Waals surface area contributed by atoms with Crippen molar-refractivity contribution in [1.29, 1.82) is 0 Å². The monoisotopic (exact) mass is 507 g/mol. The summed E-state index contributed by atoms with van der Waals surface area (Å²) in [5.74, 6) is -0.829. The first-order valence-corrected chi connectivity index (χ1v) is 11.5. The van der Waals surface area contributed by atoms with E-state index in [1.165, 1.54) is 31.3 Å². The highest BCUT2D eigenvalue weighted by Gasteiger charge is 2.47. The molecule has 1 saturated heterocycles. The average Bonchev–Trinajstić information content (AvgIpc) is 3.14. The molecule has 0 bridgehead atoms. The molecule has 1 N–H and O–H groups in total. The van der Waals surface area contributed by atoms with E-state index in [1.807, 2.05) is 32.0 Å². The molecule has 1 fully saturated rings. The third kappa shape index (κ3) is 4.27. The van der Waals surface area contributed by atoms with Crippen LogP contribution in [0.1, 0.15) is 28.3 Å². The second-order valence-electron chi connectivity index (χ2n) is 8.42. The number of rotatable bonds is 6. The minimum atomic E-state index is -0.900. The fourth-order valence-corrected chi connectivity index (χ4v) is 4.58. The quantitative estimate of drug-likeness (QED) is 0.265. The van der Waals surface area contributed by atoms with Crippen LogP contribution in [0.2, 0.25) is 5.02 Å². The molecule has 36 heavy (non-hydrogen) atoms. The third-order valence-corrected chi connectivity index (χ3v) is 6.52. The molecule has 3 aromatic rings. The molecule has 1 unspecified atom stereocenters. The number of anilines is 1. The van der Waals surface area contributed by atoms with Crippen molar-refractivity contribution >= 4 is 34.7 Å². The number of ether oxygens (including phenoxy) is 3. The van der Waals surface area contributed by atoms with Crippen LogP contribution in [0, 0.1) is 13.8 Å². The molecular weight excluding hydrogens is 482 g/mol. The van der Waals surface area contributed by atoms with Crippen LogP contribution in [0.5, 0.6) is 17.2 Å². The molecular formula is C28H26ClNO6. The van der Waals surface area contributed by atoms with Crippen LogP contribution in [-0.4, -0.2) is 38.1 Å². The number of hydrogen-bond donors (Lipinski definition) is 1. The highest BCUT2D eigenvalue weighted by molar-refractivity contribution is 6.52. The lowest BCUT2D eigenvalue weighted by atomic mass is 9.94. The zero-order valence-corrected chi connectivity index (χ0v) is 21.3. The number of benzene rings is 3. The molecule has 1 atom stereocenters. The summed E-state index contributed by atoms with van der Waals surface area (Å²) in [6.45, 7) is 3.78. The summed E-state index contributed by atoms with van der Waals surface area (Å²) in [4.78, 5) is 28.4. The van der Waals surface area contributed by atoms with E-state index in [9.17, 15) is 14.7 Å². The van der Waals surface area contributed by atoms with Crippen molar-refractivity contribution < 1.29 is 28.9 Å². The molecule has 1 aliphatic heterocycles. The number of amides is 1. The predicted molar refractivity (Wildman–Crippen MR) is 138 cm³/mol. The second-order valence-corrected chi connectivity index (χ2v) is 8.83. The Labute approximate surface area is 214 Å². The van der Waals surface area contributed by atoms with Gasteiger partial charge in [0.15, 0.2) is 0 Å². The van der Waals surface area contributed by atoms with Crippen molar-refractivity contribution in [1.82, 2.24) is 0 Å². The van der Waals surface area contributed by atoms with Gasteiger partial charge in [0.2, 0.25) is 0 Å². The summed E-state index contributed by atoms with van der Waals surface area (Å²) in [7, 11) is 4.41. The molecule has 1 aliphatic rings. The predicted octanol–water partition coefficient (Wildman–Crippen LogP) is 5.61. The summed E-state index contributed by atoms with van der Waals surface area (Å²) < 4.78 is 16.0. The zero-order chi connectivity index (χ0) is 26.1. The van der Waals surface area contributed by atoms with E-state index in [0.29, 0.717) is 17.0 Å². The number of carbonyl (C=O) groups excluding carboxylic acids is 2. The Morgan fingerprint density at radius 1 is 0.889 bits per heavy atom. The van der Waals surface area contributed by atoms with Crippen LogP contribution < -0.4 is 19.1 Å². The normalized spacial score (nSPS) is 16.8. The van der Waals surface area contributed by atoms with Crippen molar-refractivity contribution in [2.24, 2.45) is 0 Å². The van der Waals surface area contributed by atoms with E-state index < -0.39 is 23.5 Å². The molecule has 3 aromatic carbocycles. The maximum absolute atomic E-state index is 13.5. The van der Waals surface area contributed by atoms with Gasteiger partial charge in [0.05, 0.1) is 43.5 Å². The lowest BCUT2D eigenvalue weighted by Crippen LogP contribution is -2.30. The molecule has 4 rings (SSSR count). The van der Waals surface area contributed by atoms with E-state index in [-0.39, 0.29) is 27.7 Å². The van der Waals surface area contributed by atoms with Crippen molar-refractivity contribution in [3.05, 3.63) is 87.4 Å². The van der Waals surface area contributed by atoms with E-state index in [0.717, 1.165) is 11.1 Å². The Hall–Kier alpha value is -3.97. The summed E-state index contributed by atoms with van der Waals surface area (Å²) in [5.41, 5.74) is 3.04. The van der Waals surface area contributed by atoms with Crippen molar-refractivity contribution in [3.63, 3.8) is 0 Å². The number of Topliss-reactive ketones (excluding diaryl/α,β-unsaturated/α-hetero) is 1. The largest absolute Gasteiger partial charge is 0.507 e. The molecule has 7 nitrogen and oxygen atoms in total. The van der Waals surface area contributed by atoms with E-state index >= 15 is 0 Å². The number of nitrogens with zero attached hydrogens (tertiary/aromatic N) is 1. The van der Waals surface area contributed by atoms with Gasteiger partial charge in [-0.25, -0.2) is 0 Å². The fourth-order valence-electron chi connectivity index (χ4n) is 4.35. The molecule has 186 valence electrons. The van der Waals surface area contributed by atoms with Crippen molar-refractivity contribution in [2.45, 2.75) is 19.9 Å². The first-order chi connectivity index (χ1) is 17.2. The van der Waals surface area contributed by atoms with E-state index in [1.54, 1.807) is 31.4 Å². The average molecular weight is 508 g/mol. The van der Waals surface area contributed by atoms with Gasteiger partial charge in [-0.3, -0.25) is 14.5 Å². The number of aliphatic hydroxyl groups is 1. The van der Waals surface area contributed by atoms with Gasteiger partial charge in [-0.15, -0.1) is 0 Å². The van der Waals surface area contributed by atoms with Crippen LogP contribution in [0.3, 0.4) is 0 Å². The molecule has 0 aromatic heterocycles. The van der Waals surface area contributed by atoms with Gasteiger partial charge in [0.25, 0.3) is 11.7 Å². The summed E-state index contributed by atoms with van der Waals surface area (Å²) in [6, 6.07) is 14.7. The number of halogens is 1. The van der Waals surface area contributed by atoms with Gasteiger partial charge in [0.1, 0.15) is 23.0 Å². The molecule has 8 heteroatoms. The Kier molecular flexibility index (Phi) is 6.95. The highest BCUT2D eigenvalue weighted by atomic mass is 35.5. The number of carbonyl (C=O) groups is 2. The van der Waals surface area contributed by atoms with Crippen molar-refractivity contribution in [3.8, 4) is 17.2 Å². The SMILES string of the molecule is COc1ccc(C2/C(=C(\O)c3cc(OC)c(Cl)cc3OC)C(=O)C(=O)N2c2cc(C)ccc2C)cc1. The summed E-state index contributed by atoms with van der Waals surface area (Å²) in [6.07, 6.45) is 0. The highest BCUT2D eigenvalue weighted by Crippen LogP contribution is 2.45. The Morgan fingerprint density at radius 3 is 2.17 bits per heavy atom. The van der Waals surface area contributed by atoms with Crippen LogP contribution >= 0.6 is 11.6 Å². The minimum absolute atomic E-state index is 0.0752. The van der Waals surface area contributed by atoms with Crippen LogP contribution in [0.4, 0.5) is 5.69 Å². The molecule has 0 spiro atoms. The summed E-state index contributed by atoms with van der Waals surface area (Å²) >= 11 is 6.24. The second kappa shape index (κ2) is 9.95. The zero-order valence-electron chi connectivity index (χ0n) is 20.6. The van der Waals surface area contributed by atoms with Gasteiger partial charge < -0.3 is 19.3 Å². The molecule has 0 radical (unpaired) electrons.